The molecule has 6 nitrogen and oxygen atoms in total. The molecule has 0 aliphatic rings. The second-order valence-corrected chi connectivity index (χ2v) is 5.70. The van der Waals surface area contributed by atoms with Gasteiger partial charge in [-0.3, -0.25) is 4.79 Å². The first-order chi connectivity index (χ1) is 12.0. The van der Waals surface area contributed by atoms with E-state index < -0.39 is 6.09 Å². The zero-order valence-corrected chi connectivity index (χ0v) is 14.2. The molecule has 0 radical (unpaired) electrons. The van der Waals surface area contributed by atoms with Gasteiger partial charge in [0.05, 0.1) is 18.2 Å². The van der Waals surface area contributed by atoms with Crippen LogP contribution < -0.4 is 15.0 Å². The van der Waals surface area contributed by atoms with Crippen LogP contribution in [0.15, 0.2) is 53.3 Å². The fraction of sp³-hybridized carbons (Fsp3) is 0.158. The number of hydrogen-bond acceptors (Lipinski definition) is 4. The summed E-state index contributed by atoms with van der Waals surface area (Å²) in [7, 11) is 4.72. The van der Waals surface area contributed by atoms with Gasteiger partial charge < -0.3 is 19.4 Å². The molecule has 25 heavy (non-hydrogen) atoms. The fourth-order valence-corrected chi connectivity index (χ4v) is 2.53. The van der Waals surface area contributed by atoms with Crippen LogP contribution in [0.2, 0.25) is 0 Å². The molecule has 0 saturated heterocycles. The molecule has 0 aliphatic carbocycles. The van der Waals surface area contributed by atoms with Crippen LogP contribution in [-0.4, -0.2) is 37.2 Å². The number of aromatic nitrogens is 1. The summed E-state index contributed by atoms with van der Waals surface area (Å²) in [6.45, 7) is 0. The van der Waals surface area contributed by atoms with E-state index in [1.54, 1.807) is 51.5 Å². The summed E-state index contributed by atoms with van der Waals surface area (Å²) in [5, 5.41) is 0.620. The molecule has 128 valence electrons. The number of ether oxygens (including phenoxy) is 2. The number of hydrogen-bond donors (Lipinski definition) is 1. The highest BCUT2D eigenvalue weighted by Gasteiger charge is 2.20. The number of H-pyrrole nitrogens is 1. The number of pyridine rings is 1. The van der Waals surface area contributed by atoms with E-state index in [0.29, 0.717) is 27.8 Å². The number of aromatic amines is 1. The number of fused-ring (bicyclic) bond motifs is 1. The van der Waals surface area contributed by atoms with Crippen LogP contribution in [0.5, 0.6) is 11.5 Å². The molecule has 1 amide bonds. The maximum Gasteiger partial charge on any atom is 0.414 e. The summed E-state index contributed by atoms with van der Waals surface area (Å²) < 4.78 is 10.8. The van der Waals surface area contributed by atoms with E-state index >= 15 is 0 Å². The Morgan fingerprint density at radius 3 is 2.44 bits per heavy atom. The lowest BCUT2D eigenvalue weighted by Crippen LogP contribution is -2.26. The van der Waals surface area contributed by atoms with Gasteiger partial charge in [-0.15, -0.1) is 0 Å². The summed E-state index contributed by atoms with van der Waals surface area (Å²) in [6.07, 6.45) is -0.556. The van der Waals surface area contributed by atoms with Gasteiger partial charge in [-0.05, 0) is 17.7 Å². The second kappa shape index (κ2) is 6.68. The lowest BCUT2D eigenvalue weighted by molar-refractivity contribution is 0.172. The summed E-state index contributed by atoms with van der Waals surface area (Å²) in [4.78, 5) is 29.0. The van der Waals surface area contributed by atoms with Crippen molar-refractivity contribution in [2.75, 3.05) is 21.2 Å². The number of rotatable bonds is 3. The number of methoxy groups -OCH3 is 1. The molecular weight excluding hydrogens is 320 g/mol. The Bertz CT molecular complexity index is 978. The fourth-order valence-electron chi connectivity index (χ4n) is 2.53. The first-order valence-electron chi connectivity index (χ1n) is 7.70. The van der Waals surface area contributed by atoms with Crippen molar-refractivity contribution in [3.63, 3.8) is 0 Å². The first kappa shape index (κ1) is 16.6. The van der Waals surface area contributed by atoms with E-state index in [-0.39, 0.29) is 11.3 Å². The van der Waals surface area contributed by atoms with Crippen molar-refractivity contribution >= 4 is 17.0 Å². The summed E-state index contributed by atoms with van der Waals surface area (Å²) in [5.74, 6) is 0.826. The SMILES string of the molecule is COc1ccc2c(OC(=O)N(C)C)c(-c3ccccc3)c(=O)[nH]c2c1. The Kier molecular flexibility index (Phi) is 4.43. The Hall–Kier alpha value is -3.28. The lowest BCUT2D eigenvalue weighted by Gasteiger charge is -2.16. The van der Waals surface area contributed by atoms with Crippen LogP contribution in [0.1, 0.15) is 0 Å². The topological polar surface area (TPSA) is 71.6 Å². The van der Waals surface area contributed by atoms with Gasteiger partial charge >= 0.3 is 6.09 Å². The Morgan fingerprint density at radius 1 is 1.08 bits per heavy atom. The van der Waals surface area contributed by atoms with Crippen molar-refractivity contribution < 1.29 is 14.3 Å². The minimum Gasteiger partial charge on any atom is -0.497 e. The highest BCUT2D eigenvalue weighted by atomic mass is 16.6. The largest absolute Gasteiger partial charge is 0.497 e. The summed E-state index contributed by atoms with van der Waals surface area (Å²) >= 11 is 0. The average molecular weight is 338 g/mol. The van der Waals surface area contributed by atoms with E-state index in [2.05, 4.69) is 4.98 Å². The van der Waals surface area contributed by atoms with Crippen molar-refractivity contribution in [2.24, 2.45) is 0 Å². The van der Waals surface area contributed by atoms with Crippen LogP contribution >= 0.6 is 0 Å². The minimum atomic E-state index is -0.556. The van der Waals surface area contributed by atoms with E-state index in [4.69, 9.17) is 9.47 Å². The Morgan fingerprint density at radius 2 is 1.80 bits per heavy atom. The predicted molar refractivity (Wildman–Crippen MR) is 96.3 cm³/mol. The van der Waals surface area contributed by atoms with Gasteiger partial charge in [0.1, 0.15) is 5.75 Å². The number of carbonyl (C=O) groups is 1. The van der Waals surface area contributed by atoms with Gasteiger partial charge in [0, 0.05) is 25.5 Å². The molecule has 2 aromatic carbocycles. The van der Waals surface area contributed by atoms with Crippen molar-refractivity contribution in [1.82, 2.24) is 9.88 Å². The van der Waals surface area contributed by atoms with Gasteiger partial charge in [-0.25, -0.2) is 4.79 Å². The third-order valence-corrected chi connectivity index (χ3v) is 3.79. The molecular formula is C19H18N2O4. The maximum atomic E-state index is 12.7. The summed E-state index contributed by atoms with van der Waals surface area (Å²) in [5.41, 5.74) is 1.18. The van der Waals surface area contributed by atoms with E-state index in [0.717, 1.165) is 0 Å². The molecule has 6 heteroatoms. The number of carbonyl (C=O) groups excluding carboxylic acids is 1. The molecule has 0 bridgehead atoms. The van der Waals surface area contributed by atoms with Gasteiger partial charge in [0.25, 0.3) is 5.56 Å². The minimum absolute atomic E-state index is 0.228. The monoisotopic (exact) mass is 338 g/mol. The summed E-state index contributed by atoms with van der Waals surface area (Å²) in [6, 6.07) is 14.3. The van der Waals surface area contributed by atoms with Crippen molar-refractivity contribution in [1.29, 1.82) is 0 Å². The maximum absolute atomic E-state index is 12.7. The molecule has 1 N–H and O–H groups in total. The third-order valence-electron chi connectivity index (χ3n) is 3.79. The van der Waals surface area contributed by atoms with Crippen LogP contribution in [0.25, 0.3) is 22.0 Å². The predicted octanol–water partition coefficient (Wildman–Crippen LogP) is 3.26. The van der Waals surface area contributed by atoms with Gasteiger partial charge in [-0.2, -0.15) is 0 Å². The molecule has 0 fully saturated rings. The van der Waals surface area contributed by atoms with E-state index in [1.165, 1.54) is 4.90 Å². The molecule has 0 spiro atoms. The molecule has 0 atom stereocenters. The zero-order valence-electron chi connectivity index (χ0n) is 14.2. The third kappa shape index (κ3) is 3.19. The van der Waals surface area contributed by atoms with E-state index in [9.17, 15) is 9.59 Å². The second-order valence-electron chi connectivity index (χ2n) is 5.70. The van der Waals surface area contributed by atoms with Gasteiger partial charge in [0.15, 0.2) is 5.75 Å². The Balaban J connectivity index is 2.32. The Labute approximate surface area is 144 Å². The van der Waals surface area contributed by atoms with Crippen LogP contribution in [0.3, 0.4) is 0 Å². The number of nitrogens with zero attached hydrogens (tertiary/aromatic N) is 1. The van der Waals surface area contributed by atoms with Crippen LogP contribution in [0, 0.1) is 0 Å². The number of benzene rings is 2. The lowest BCUT2D eigenvalue weighted by atomic mass is 10.0. The zero-order chi connectivity index (χ0) is 18.0. The normalized spacial score (nSPS) is 10.5. The smallest absolute Gasteiger partial charge is 0.414 e. The first-order valence-corrected chi connectivity index (χ1v) is 7.70. The standard InChI is InChI=1S/C19H18N2O4/c1-21(2)19(23)25-17-14-10-9-13(24-3)11-15(14)20-18(22)16(17)12-7-5-4-6-8-12/h4-11H,1-3H3,(H,20,22). The molecule has 0 aliphatic heterocycles. The van der Waals surface area contributed by atoms with Crippen molar-refractivity contribution in [3.05, 3.63) is 58.9 Å². The van der Waals surface area contributed by atoms with Crippen molar-refractivity contribution in [2.45, 2.75) is 0 Å². The molecule has 3 rings (SSSR count). The van der Waals surface area contributed by atoms with Crippen LogP contribution in [-0.2, 0) is 0 Å². The molecule has 3 aromatic rings. The number of amides is 1. The van der Waals surface area contributed by atoms with Crippen molar-refractivity contribution in [3.8, 4) is 22.6 Å². The highest BCUT2D eigenvalue weighted by molar-refractivity contribution is 5.94. The number of nitrogens with one attached hydrogen (secondary N) is 1. The average Bonchev–Trinajstić information content (AvgIpc) is 2.61. The quantitative estimate of drug-likeness (QED) is 0.796. The molecule has 0 unspecified atom stereocenters. The molecule has 0 saturated carbocycles. The van der Waals surface area contributed by atoms with Gasteiger partial charge in [0.2, 0.25) is 0 Å². The highest BCUT2D eigenvalue weighted by Crippen LogP contribution is 2.34. The van der Waals surface area contributed by atoms with E-state index in [1.807, 2.05) is 18.2 Å². The molecule has 1 aromatic heterocycles. The molecule has 1 heterocycles. The van der Waals surface area contributed by atoms with Crippen LogP contribution in [0.4, 0.5) is 4.79 Å². The van der Waals surface area contributed by atoms with Gasteiger partial charge in [-0.1, -0.05) is 30.3 Å².